The van der Waals surface area contributed by atoms with Gasteiger partial charge >= 0.3 is 0 Å². The van der Waals surface area contributed by atoms with Crippen molar-refractivity contribution in [2.45, 2.75) is 76.4 Å². The van der Waals surface area contributed by atoms with Crippen LogP contribution in [0.5, 0.6) is 0 Å². The van der Waals surface area contributed by atoms with E-state index in [-0.39, 0.29) is 0 Å². The number of hydrogen-bond acceptors (Lipinski definition) is 3. The van der Waals surface area contributed by atoms with Crippen molar-refractivity contribution in [2.75, 3.05) is 33.3 Å². The summed E-state index contributed by atoms with van der Waals surface area (Å²) < 4.78 is 5.64. The maximum Gasteiger partial charge on any atom is 0.0576 e. The Morgan fingerprint density at radius 3 is 2.55 bits per heavy atom. The Bertz CT molecular complexity index is 235. The van der Waals surface area contributed by atoms with Crippen LogP contribution in [0, 0.1) is 0 Å². The van der Waals surface area contributed by atoms with Crippen LogP contribution in [0.15, 0.2) is 0 Å². The minimum Gasteiger partial charge on any atom is -0.378 e. The topological polar surface area (TPSA) is 24.5 Å². The summed E-state index contributed by atoms with van der Waals surface area (Å²) in [5, 5.41) is 3.59. The van der Waals surface area contributed by atoms with Crippen LogP contribution in [0.1, 0.15) is 64.2 Å². The molecule has 2 rings (SSSR count). The van der Waals surface area contributed by atoms with Gasteiger partial charge in [0.2, 0.25) is 0 Å². The minimum atomic E-state index is 0.564. The molecule has 2 fully saturated rings. The molecule has 0 spiro atoms. The number of rotatable bonds is 9. The van der Waals surface area contributed by atoms with Crippen molar-refractivity contribution in [1.82, 2.24) is 10.2 Å². The smallest absolute Gasteiger partial charge is 0.0576 e. The van der Waals surface area contributed by atoms with Crippen LogP contribution in [0.25, 0.3) is 0 Å². The molecule has 1 unspecified atom stereocenters. The molecule has 0 bridgehead atoms. The van der Waals surface area contributed by atoms with E-state index in [0.29, 0.717) is 6.10 Å². The molecule has 3 heteroatoms. The van der Waals surface area contributed by atoms with E-state index in [4.69, 9.17) is 4.74 Å². The summed E-state index contributed by atoms with van der Waals surface area (Å²) in [6, 6.07) is 0.864. The molecule has 0 aromatic carbocycles. The Morgan fingerprint density at radius 2 is 1.80 bits per heavy atom. The Labute approximate surface area is 125 Å². The van der Waals surface area contributed by atoms with Crippen molar-refractivity contribution < 1.29 is 4.74 Å². The summed E-state index contributed by atoms with van der Waals surface area (Å²) in [7, 11) is 2.31. The first-order valence-corrected chi connectivity index (χ1v) is 8.89. The van der Waals surface area contributed by atoms with Gasteiger partial charge in [0, 0.05) is 12.6 Å². The number of hydrogen-bond donors (Lipinski definition) is 1. The van der Waals surface area contributed by atoms with Gasteiger partial charge in [-0.05, 0) is 71.6 Å². The summed E-state index contributed by atoms with van der Waals surface area (Å²) in [5.41, 5.74) is 0. The summed E-state index contributed by atoms with van der Waals surface area (Å²) >= 11 is 0. The SMILES string of the molecule is CN(CCCNCCCC1CCCO1)C1CCCCC1. The maximum atomic E-state index is 5.64. The van der Waals surface area contributed by atoms with E-state index in [0.717, 1.165) is 19.2 Å². The maximum absolute atomic E-state index is 5.64. The second-order valence-electron chi connectivity index (χ2n) is 6.65. The highest BCUT2D eigenvalue weighted by atomic mass is 16.5. The van der Waals surface area contributed by atoms with E-state index >= 15 is 0 Å². The normalized spacial score (nSPS) is 24.6. The van der Waals surface area contributed by atoms with Crippen LogP contribution in [0.4, 0.5) is 0 Å². The predicted octanol–water partition coefficient (Wildman–Crippen LogP) is 3.19. The number of ether oxygens (including phenoxy) is 1. The predicted molar refractivity (Wildman–Crippen MR) is 85.2 cm³/mol. The number of nitrogens with zero attached hydrogens (tertiary/aromatic N) is 1. The average molecular weight is 282 g/mol. The molecule has 1 N–H and O–H groups in total. The molecule has 0 aromatic heterocycles. The molecule has 1 aliphatic carbocycles. The monoisotopic (exact) mass is 282 g/mol. The van der Waals surface area contributed by atoms with Gasteiger partial charge < -0.3 is 15.0 Å². The van der Waals surface area contributed by atoms with Gasteiger partial charge in [0.05, 0.1) is 6.10 Å². The van der Waals surface area contributed by atoms with E-state index < -0.39 is 0 Å². The van der Waals surface area contributed by atoms with Crippen LogP contribution < -0.4 is 5.32 Å². The lowest BCUT2D eigenvalue weighted by atomic mass is 9.94. The van der Waals surface area contributed by atoms with Gasteiger partial charge in [-0.3, -0.25) is 0 Å². The first-order chi connectivity index (χ1) is 9.86. The van der Waals surface area contributed by atoms with Crippen molar-refractivity contribution in [2.24, 2.45) is 0 Å². The third-order valence-corrected chi connectivity index (χ3v) is 4.97. The van der Waals surface area contributed by atoms with Gasteiger partial charge in [0.1, 0.15) is 0 Å². The molecular weight excluding hydrogens is 248 g/mol. The first kappa shape index (κ1) is 16.3. The van der Waals surface area contributed by atoms with Crippen LogP contribution in [-0.4, -0.2) is 50.3 Å². The lowest BCUT2D eigenvalue weighted by Crippen LogP contribution is -2.35. The van der Waals surface area contributed by atoms with Crippen LogP contribution in [-0.2, 0) is 4.74 Å². The Kier molecular flexibility index (Phi) is 7.92. The Hall–Kier alpha value is -0.120. The zero-order valence-electron chi connectivity index (χ0n) is 13.4. The fourth-order valence-corrected chi connectivity index (χ4v) is 3.61. The highest BCUT2D eigenvalue weighted by Gasteiger charge is 2.17. The van der Waals surface area contributed by atoms with Crippen LogP contribution in [0.3, 0.4) is 0 Å². The summed E-state index contributed by atoms with van der Waals surface area (Å²) in [6.07, 6.45) is 14.1. The lowest BCUT2D eigenvalue weighted by molar-refractivity contribution is 0.102. The van der Waals surface area contributed by atoms with Crippen LogP contribution >= 0.6 is 0 Å². The zero-order chi connectivity index (χ0) is 14.0. The van der Waals surface area contributed by atoms with Crippen molar-refractivity contribution >= 4 is 0 Å². The molecule has 1 saturated heterocycles. The molecule has 1 aliphatic heterocycles. The molecule has 3 nitrogen and oxygen atoms in total. The second kappa shape index (κ2) is 9.75. The summed E-state index contributed by atoms with van der Waals surface area (Å²) in [4.78, 5) is 2.59. The van der Waals surface area contributed by atoms with E-state index in [1.165, 1.54) is 77.3 Å². The molecule has 1 saturated carbocycles. The van der Waals surface area contributed by atoms with Crippen molar-refractivity contribution in [1.29, 1.82) is 0 Å². The van der Waals surface area contributed by atoms with Gasteiger partial charge in [-0.1, -0.05) is 19.3 Å². The average Bonchev–Trinajstić information content (AvgIpc) is 3.00. The zero-order valence-corrected chi connectivity index (χ0v) is 13.4. The van der Waals surface area contributed by atoms with E-state index in [9.17, 15) is 0 Å². The van der Waals surface area contributed by atoms with E-state index in [2.05, 4.69) is 17.3 Å². The molecule has 0 aromatic rings. The Balaban J connectivity index is 1.39. The molecular formula is C17H34N2O. The molecule has 0 amide bonds. The van der Waals surface area contributed by atoms with Crippen LogP contribution in [0.2, 0.25) is 0 Å². The fraction of sp³-hybridized carbons (Fsp3) is 1.00. The van der Waals surface area contributed by atoms with Gasteiger partial charge in [0.25, 0.3) is 0 Å². The lowest BCUT2D eigenvalue weighted by Gasteiger charge is -2.31. The highest BCUT2D eigenvalue weighted by molar-refractivity contribution is 4.73. The standard InChI is InChI=1S/C17H34N2O/c1-19(16-8-3-2-4-9-16)14-7-13-18-12-5-10-17-11-6-15-20-17/h16-18H,2-15H2,1H3. The molecule has 2 aliphatic rings. The quantitative estimate of drug-likeness (QED) is 0.657. The van der Waals surface area contributed by atoms with E-state index in [1.54, 1.807) is 0 Å². The van der Waals surface area contributed by atoms with Crippen molar-refractivity contribution in [3.63, 3.8) is 0 Å². The van der Waals surface area contributed by atoms with E-state index in [1.807, 2.05) is 0 Å². The summed E-state index contributed by atoms with van der Waals surface area (Å²) in [6.45, 7) is 4.57. The third kappa shape index (κ3) is 6.11. The molecule has 1 heterocycles. The first-order valence-electron chi connectivity index (χ1n) is 8.89. The largest absolute Gasteiger partial charge is 0.378 e. The Morgan fingerprint density at radius 1 is 1.00 bits per heavy atom. The highest BCUT2D eigenvalue weighted by Crippen LogP contribution is 2.21. The second-order valence-corrected chi connectivity index (χ2v) is 6.65. The molecule has 20 heavy (non-hydrogen) atoms. The molecule has 0 radical (unpaired) electrons. The molecule has 1 atom stereocenters. The van der Waals surface area contributed by atoms with Crippen molar-refractivity contribution in [3.8, 4) is 0 Å². The van der Waals surface area contributed by atoms with Gasteiger partial charge in [0.15, 0.2) is 0 Å². The summed E-state index contributed by atoms with van der Waals surface area (Å²) in [5.74, 6) is 0. The fourth-order valence-electron chi connectivity index (χ4n) is 3.61. The van der Waals surface area contributed by atoms with Crippen molar-refractivity contribution in [3.05, 3.63) is 0 Å². The van der Waals surface area contributed by atoms with Gasteiger partial charge in [-0.15, -0.1) is 0 Å². The van der Waals surface area contributed by atoms with Gasteiger partial charge in [-0.25, -0.2) is 0 Å². The molecule has 118 valence electrons. The van der Waals surface area contributed by atoms with Gasteiger partial charge in [-0.2, -0.15) is 0 Å². The third-order valence-electron chi connectivity index (χ3n) is 4.97. The number of nitrogens with one attached hydrogen (secondary N) is 1. The minimum absolute atomic E-state index is 0.564.